The van der Waals surface area contributed by atoms with Crippen LogP contribution in [0, 0.1) is 0 Å². The average Bonchev–Trinajstić information content (AvgIpc) is 3.06. The first-order valence-electron chi connectivity index (χ1n) is 9.54. The zero-order valence-corrected chi connectivity index (χ0v) is 18.2. The summed E-state index contributed by atoms with van der Waals surface area (Å²) < 4.78 is 74.8. The van der Waals surface area contributed by atoms with Gasteiger partial charge in [0.05, 0.1) is 12.1 Å². The summed E-state index contributed by atoms with van der Waals surface area (Å²) in [7, 11) is -9.95. The van der Waals surface area contributed by atoms with Crippen molar-refractivity contribution in [2.75, 3.05) is 13.1 Å². The first-order chi connectivity index (χ1) is 15.2. The van der Waals surface area contributed by atoms with Crippen molar-refractivity contribution in [3.05, 3.63) is 0 Å². The Morgan fingerprint density at radius 3 is 1.42 bits per heavy atom. The smallest absolute Gasteiger partial charge is 0.390 e. The van der Waals surface area contributed by atoms with Gasteiger partial charge in [-0.1, -0.05) is 0 Å². The molecule has 4 heterocycles. The lowest BCUT2D eigenvalue weighted by Crippen LogP contribution is -2.50. The maximum atomic E-state index is 12.6. The summed E-state index contributed by atoms with van der Waals surface area (Å²) >= 11 is 0. The fraction of sp³-hybridized carbons (Fsp3) is 0.714. The van der Waals surface area contributed by atoms with Gasteiger partial charge in [0, 0.05) is 13.1 Å². The first kappa shape index (κ1) is 23.6. The number of carbonyl (C=O) groups is 4. The Labute approximate surface area is 186 Å². The molecule has 33 heavy (non-hydrogen) atoms. The number of amides is 4. The maximum Gasteiger partial charge on any atom is 0.418 e. The van der Waals surface area contributed by atoms with E-state index in [0.717, 1.165) is 9.80 Å². The second-order valence-electron chi connectivity index (χ2n) is 7.76. The molecule has 0 spiro atoms. The van der Waals surface area contributed by atoms with Crippen molar-refractivity contribution in [3.63, 3.8) is 0 Å². The van der Waals surface area contributed by atoms with Crippen molar-refractivity contribution in [2.45, 2.75) is 49.9 Å². The molecule has 0 radical (unpaired) electrons. The number of carbonyl (C=O) groups excluding carboxylic acids is 4. The molecule has 0 aromatic carbocycles. The number of piperidine rings is 2. The molecule has 17 nitrogen and oxygen atoms in total. The summed E-state index contributed by atoms with van der Waals surface area (Å²) in [5, 5.41) is 0.858. The van der Waals surface area contributed by atoms with Gasteiger partial charge in [-0.15, -0.1) is 8.57 Å². The normalized spacial score (nSPS) is 29.6. The molecule has 4 rings (SSSR count). The highest BCUT2D eigenvalue weighted by Gasteiger charge is 2.52. The molecule has 19 heteroatoms. The number of hydrogen-bond donors (Lipinski definition) is 2. The van der Waals surface area contributed by atoms with Gasteiger partial charge in [-0.2, -0.15) is 27.0 Å². The van der Waals surface area contributed by atoms with Crippen molar-refractivity contribution in [3.8, 4) is 0 Å². The van der Waals surface area contributed by atoms with Gasteiger partial charge < -0.3 is 14.5 Å². The van der Waals surface area contributed by atoms with Gasteiger partial charge in [-0.05, 0) is 25.7 Å². The number of ether oxygens (including phenoxy) is 1. The summed E-state index contributed by atoms with van der Waals surface area (Å²) in [4.78, 5) is 51.8. The van der Waals surface area contributed by atoms with Gasteiger partial charge in [-0.3, -0.25) is 9.11 Å². The Morgan fingerprint density at radius 2 is 1.09 bits per heavy atom. The Morgan fingerprint density at radius 1 is 0.727 bits per heavy atom. The van der Waals surface area contributed by atoms with E-state index in [2.05, 4.69) is 8.57 Å². The van der Waals surface area contributed by atoms with E-state index in [1.165, 1.54) is 0 Å². The second kappa shape index (κ2) is 8.02. The van der Waals surface area contributed by atoms with Crippen LogP contribution in [0.1, 0.15) is 25.7 Å². The topological polar surface area (TPSA) is 218 Å². The van der Waals surface area contributed by atoms with Crippen LogP contribution in [-0.4, -0.2) is 107 Å². The largest absolute Gasteiger partial charge is 0.418 e. The number of esters is 2. The number of rotatable bonds is 6. The summed E-state index contributed by atoms with van der Waals surface area (Å²) in [5.41, 5.74) is 0. The standard InChI is InChI=1S/C14H18N4O13S2/c19-11(9-3-1-7-5-15(9)13(21)17(7)30-32(23,24)25)29-12(20)10-4-2-8-6-16(10)14(22)18(8)31-33(26,27)28/h7-10H,1-6H2,(H,23,24,25)(H,26,27,28)/t7-,8-,9+,10+/m1/s1. The highest BCUT2D eigenvalue weighted by molar-refractivity contribution is 7.81. The van der Waals surface area contributed by atoms with Gasteiger partial charge in [0.15, 0.2) is 0 Å². The summed E-state index contributed by atoms with van der Waals surface area (Å²) in [6.45, 7) is -0.222. The molecule has 0 saturated carbocycles. The molecule has 0 aromatic rings. The zero-order chi connectivity index (χ0) is 24.3. The van der Waals surface area contributed by atoms with Gasteiger partial charge in [0.2, 0.25) is 0 Å². The molecule has 184 valence electrons. The Balaban J connectivity index is 1.40. The molecular formula is C14H18N4O13S2. The third-order valence-electron chi connectivity index (χ3n) is 5.74. The van der Waals surface area contributed by atoms with Crippen LogP contribution >= 0.6 is 0 Å². The zero-order valence-electron chi connectivity index (χ0n) is 16.5. The van der Waals surface area contributed by atoms with Gasteiger partial charge in [-0.25, -0.2) is 19.2 Å². The quantitative estimate of drug-likeness (QED) is 0.224. The van der Waals surface area contributed by atoms with E-state index in [9.17, 15) is 36.0 Å². The van der Waals surface area contributed by atoms with Crippen LogP contribution in [0.25, 0.3) is 0 Å². The molecule has 0 aliphatic carbocycles. The SMILES string of the molecule is O=C(OC(=O)[C@@H]1CC[C@@H]2CN1C(=O)N2OS(=O)(=O)O)[C@@H]1CC[C@@H]2CN1C(=O)N2OS(=O)(=O)O. The lowest BCUT2D eigenvalue weighted by Gasteiger charge is -2.30. The number of fused-ring (bicyclic) bond motifs is 4. The van der Waals surface area contributed by atoms with Crippen LogP contribution in [-0.2, 0) is 43.7 Å². The van der Waals surface area contributed by atoms with Crippen LogP contribution in [0.2, 0.25) is 0 Å². The third-order valence-corrected chi connectivity index (χ3v) is 6.44. The first-order valence-corrected chi connectivity index (χ1v) is 12.3. The van der Waals surface area contributed by atoms with E-state index in [0.29, 0.717) is 10.1 Å². The predicted octanol–water partition coefficient (Wildman–Crippen LogP) is -1.94. The lowest BCUT2D eigenvalue weighted by molar-refractivity contribution is -0.166. The van der Waals surface area contributed by atoms with Gasteiger partial charge in [0.1, 0.15) is 12.1 Å². The number of urea groups is 2. The lowest BCUT2D eigenvalue weighted by atomic mass is 10.00. The fourth-order valence-corrected chi connectivity index (χ4v) is 5.17. The maximum absolute atomic E-state index is 12.6. The van der Waals surface area contributed by atoms with Crippen molar-refractivity contribution in [2.24, 2.45) is 0 Å². The van der Waals surface area contributed by atoms with E-state index < -0.39 is 69.0 Å². The summed E-state index contributed by atoms with van der Waals surface area (Å²) in [6, 6.07) is -6.00. The van der Waals surface area contributed by atoms with Gasteiger partial charge >= 0.3 is 44.8 Å². The Kier molecular flexibility index (Phi) is 5.73. The van der Waals surface area contributed by atoms with Crippen LogP contribution in [0.5, 0.6) is 0 Å². The number of hydrogen-bond acceptors (Lipinski definition) is 11. The second-order valence-corrected chi connectivity index (χ2v) is 9.77. The fourth-order valence-electron chi connectivity index (χ4n) is 4.39. The molecule has 0 unspecified atom stereocenters. The molecule has 4 aliphatic heterocycles. The summed E-state index contributed by atoms with van der Waals surface area (Å²) in [5.74, 6) is -2.22. The minimum absolute atomic E-state index is 0.0131. The molecule has 4 aliphatic rings. The van der Waals surface area contributed by atoms with Gasteiger partial charge in [0.25, 0.3) is 0 Å². The molecule has 4 atom stereocenters. The number of hydroxylamine groups is 4. The molecule has 4 saturated heterocycles. The van der Waals surface area contributed by atoms with Crippen molar-refractivity contribution in [1.29, 1.82) is 0 Å². The molecule has 2 N–H and O–H groups in total. The number of nitrogens with zero attached hydrogens (tertiary/aromatic N) is 4. The highest BCUT2D eigenvalue weighted by Crippen LogP contribution is 2.33. The van der Waals surface area contributed by atoms with Crippen molar-refractivity contribution in [1.82, 2.24) is 19.9 Å². The monoisotopic (exact) mass is 514 g/mol. The molecular weight excluding hydrogens is 496 g/mol. The predicted molar refractivity (Wildman–Crippen MR) is 97.9 cm³/mol. The minimum atomic E-state index is -4.97. The highest BCUT2D eigenvalue weighted by atomic mass is 32.3. The van der Waals surface area contributed by atoms with E-state index in [1.54, 1.807) is 0 Å². The molecule has 0 aromatic heterocycles. The summed E-state index contributed by atoms with van der Waals surface area (Å²) in [6.07, 6.45) is 0.255. The van der Waals surface area contributed by atoms with E-state index in [1.807, 2.05) is 0 Å². The van der Waals surface area contributed by atoms with Crippen LogP contribution < -0.4 is 0 Å². The van der Waals surface area contributed by atoms with Crippen LogP contribution in [0.15, 0.2) is 0 Å². The van der Waals surface area contributed by atoms with Crippen molar-refractivity contribution >= 4 is 44.8 Å². The minimum Gasteiger partial charge on any atom is -0.390 e. The molecule has 4 amide bonds. The average molecular weight is 514 g/mol. The van der Waals surface area contributed by atoms with E-state index in [4.69, 9.17) is 13.8 Å². The van der Waals surface area contributed by atoms with Crippen molar-refractivity contribution < 1.29 is 58.4 Å². The van der Waals surface area contributed by atoms with Crippen LogP contribution in [0.3, 0.4) is 0 Å². The van der Waals surface area contributed by atoms with Crippen LogP contribution in [0.4, 0.5) is 9.59 Å². The van der Waals surface area contributed by atoms with E-state index in [-0.39, 0.29) is 38.8 Å². The molecule has 4 fully saturated rings. The third kappa shape index (κ3) is 4.59. The Bertz CT molecular complexity index is 1020. The van der Waals surface area contributed by atoms with E-state index >= 15 is 0 Å². The Hall–Kier alpha value is -2.58. The molecule has 4 bridgehead atoms.